The van der Waals surface area contributed by atoms with Gasteiger partial charge in [0, 0.05) is 44.6 Å². The lowest BCUT2D eigenvalue weighted by Gasteiger charge is -2.16. The van der Waals surface area contributed by atoms with Crippen molar-refractivity contribution >= 4 is 5.96 Å². The van der Waals surface area contributed by atoms with Gasteiger partial charge in [-0.15, -0.1) is 13.2 Å². The molecule has 2 aromatic rings. The summed E-state index contributed by atoms with van der Waals surface area (Å²) >= 11 is 0. The standard InChI is InChI=1S/C19H23F3N4O3/c1-23-18(25-12-14-6-3-4-8-16(14)29-19(20,21)22)26-13-15-7-5-9-24-17(15)28-11-10-27-2/h3-9H,10-13H2,1-2H3,(H2,23,25,26). The minimum Gasteiger partial charge on any atom is -0.475 e. The van der Waals surface area contributed by atoms with Crippen molar-refractivity contribution in [2.45, 2.75) is 19.5 Å². The maximum atomic E-state index is 12.5. The van der Waals surface area contributed by atoms with Gasteiger partial charge in [0.2, 0.25) is 5.88 Å². The highest BCUT2D eigenvalue weighted by atomic mass is 19.4. The van der Waals surface area contributed by atoms with Crippen molar-refractivity contribution in [2.75, 3.05) is 27.4 Å². The summed E-state index contributed by atoms with van der Waals surface area (Å²) in [5, 5.41) is 6.04. The zero-order chi connectivity index (χ0) is 21.1. The Labute approximate surface area is 166 Å². The van der Waals surface area contributed by atoms with E-state index in [2.05, 4.69) is 25.3 Å². The van der Waals surface area contributed by atoms with Gasteiger partial charge in [-0.3, -0.25) is 4.99 Å². The predicted octanol–water partition coefficient (Wildman–Crippen LogP) is 2.87. The zero-order valence-corrected chi connectivity index (χ0v) is 16.1. The molecule has 1 aromatic heterocycles. The molecule has 0 fully saturated rings. The molecule has 0 radical (unpaired) electrons. The number of para-hydroxylation sites is 1. The number of methoxy groups -OCH3 is 1. The Balaban J connectivity index is 1.95. The van der Waals surface area contributed by atoms with Crippen molar-refractivity contribution in [1.29, 1.82) is 0 Å². The highest BCUT2D eigenvalue weighted by Gasteiger charge is 2.31. The molecule has 2 rings (SSSR count). The number of pyridine rings is 1. The molecule has 1 aromatic carbocycles. The van der Waals surface area contributed by atoms with Crippen LogP contribution in [0, 0.1) is 0 Å². The summed E-state index contributed by atoms with van der Waals surface area (Å²) in [5.74, 6) is 0.610. The lowest BCUT2D eigenvalue weighted by molar-refractivity contribution is -0.274. The second kappa shape index (κ2) is 11.1. The maximum Gasteiger partial charge on any atom is 0.573 e. The zero-order valence-electron chi connectivity index (χ0n) is 16.1. The molecule has 0 saturated heterocycles. The van der Waals surface area contributed by atoms with Crippen LogP contribution in [0.2, 0.25) is 0 Å². The van der Waals surface area contributed by atoms with Gasteiger partial charge in [-0.2, -0.15) is 0 Å². The van der Waals surface area contributed by atoms with E-state index >= 15 is 0 Å². The van der Waals surface area contributed by atoms with Crippen molar-refractivity contribution < 1.29 is 27.4 Å². The predicted molar refractivity (Wildman–Crippen MR) is 102 cm³/mol. The van der Waals surface area contributed by atoms with Crippen LogP contribution < -0.4 is 20.1 Å². The van der Waals surface area contributed by atoms with Gasteiger partial charge in [0.15, 0.2) is 5.96 Å². The summed E-state index contributed by atoms with van der Waals surface area (Å²) in [5.41, 5.74) is 1.14. The monoisotopic (exact) mass is 412 g/mol. The third kappa shape index (κ3) is 7.86. The molecule has 0 saturated carbocycles. The largest absolute Gasteiger partial charge is 0.573 e. The average Bonchev–Trinajstić information content (AvgIpc) is 2.69. The molecule has 0 spiro atoms. The molecule has 1 heterocycles. The van der Waals surface area contributed by atoms with E-state index in [4.69, 9.17) is 9.47 Å². The van der Waals surface area contributed by atoms with E-state index < -0.39 is 6.36 Å². The Morgan fingerprint density at radius 3 is 2.41 bits per heavy atom. The summed E-state index contributed by atoms with van der Waals surface area (Å²) in [6, 6.07) is 9.55. The number of aromatic nitrogens is 1. The van der Waals surface area contributed by atoms with Gasteiger partial charge in [-0.25, -0.2) is 4.98 Å². The SMILES string of the molecule is CN=C(NCc1ccccc1OC(F)(F)F)NCc1cccnc1OCCOC. The summed E-state index contributed by atoms with van der Waals surface area (Å²) in [6.45, 7) is 1.25. The van der Waals surface area contributed by atoms with Gasteiger partial charge < -0.3 is 24.8 Å². The van der Waals surface area contributed by atoms with Gasteiger partial charge in [0.25, 0.3) is 0 Å². The highest BCUT2D eigenvalue weighted by Crippen LogP contribution is 2.26. The van der Waals surface area contributed by atoms with E-state index in [1.807, 2.05) is 6.07 Å². The van der Waals surface area contributed by atoms with Crippen LogP contribution in [0.1, 0.15) is 11.1 Å². The van der Waals surface area contributed by atoms with E-state index in [0.717, 1.165) is 5.56 Å². The van der Waals surface area contributed by atoms with E-state index in [9.17, 15) is 13.2 Å². The first-order valence-electron chi connectivity index (χ1n) is 8.76. The fraction of sp³-hybridized carbons (Fsp3) is 0.368. The number of hydrogen-bond donors (Lipinski definition) is 2. The Morgan fingerprint density at radius 1 is 1.03 bits per heavy atom. The lowest BCUT2D eigenvalue weighted by atomic mass is 10.2. The van der Waals surface area contributed by atoms with Crippen LogP contribution in [0.3, 0.4) is 0 Å². The number of nitrogens with one attached hydrogen (secondary N) is 2. The number of alkyl halides is 3. The van der Waals surface area contributed by atoms with E-state index in [-0.39, 0.29) is 12.3 Å². The van der Waals surface area contributed by atoms with Crippen LogP contribution in [0.4, 0.5) is 13.2 Å². The molecule has 0 aliphatic carbocycles. The molecule has 7 nitrogen and oxygen atoms in total. The molecule has 10 heteroatoms. The topological polar surface area (TPSA) is 77.0 Å². The van der Waals surface area contributed by atoms with Crippen LogP contribution in [0.25, 0.3) is 0 Å². The smallest absolute Gasteiger partial charge is 0.475 e. The van der Waals surface area contributed by atoms with Crippen LogP contribution in [-0.4, -0.2) is 44.7 Å². The van der Waals surface area contributed by atoms with Gasteiger partial charge in [-0.1, -0.05) is 24.3 Å². The minimum atomic E-state index is -4.75. The molecule has 0 aliphatic rings. The molecular formula is C19H23F3N4O3. The van der Waals surface area contributed by atoms with Crippen molar-refractivity contribution in [3.05, 3.63) is 53.7 Å². The van der Waals surface area contributed by atoms with Crippen LogP contribution in [0.5, 0.6) is 11.6 Å². The number of halogens is 3. The Bertz CT molecular complexity index is 800. The van der Waals surface area contributed by atoms with Crippen LogP contribution in [0.15, 0.2) is 47.6 Å². The Hall–Kier alpha value is -3.01. The number of guanidine groups is 1. The summed E-state index contributed by atoms with van der Waals surface area (Å²) in [6.07, 6.45) is -3.13. The number of ether oxygens (including phenoxy) is 3. The van der Waals surface area contributed by atoms with Crippen molar-refractivity contribution in [2.24, 2.45) is 4.99 Å². The normalized spacial score (nSPS) is 11.8. The fourth-order valence-electron chi connectivity index (χ4n) is 2.36. The number of aliphatic imine (C=N–C) groups is 1. The first-order valence-corrected chi connectivity index (χ1v) is 8.76. The quantitative estimate of drug-likeness (QED) is 0.375. The van der Waals surface area contributed by atoms with E-state index in [1.54, 1.807) is 38.6 Å². The number of rotatable bonds is 9. The van der Waals surface area contributed by atoms with Gasteiger partial charge >= 0.3 is 6.36 Å². The Kier molecular flexibility index (Phi) is 8.53. The van der Waals surface area contributed by atoms with Gasteiger partial charge in [0.05, 0.1) is 6.61 Å². The molecule has 0 aliphatic heterocycles. The third-order valence-corrected chi connectivity index (χ3v) is 3.69. The lowest BCUT2D eigenvalue weighted by Crippen LogP contribution is -2.36. The molecule has 158 valence electrons. The van der Waals surface area contributed by atoms with Crippen LogP contribution in [-0.2, 0) is 17.8 Å². The molecular weight excluding hydrogens is 389 g/mol. The fourth-order valence-corrected chi connectivity index (χ4v) is 2.36. The van der Waals surface area contributed by atoms with Crippen molar-refractivity contribution in [3.63, 3.8) is 0 Å². The highest BCUT2D eigenvalue weighted by molar-refractivity contribution is 5.79. The second-order valence-corrected chi connectivity index (χ2v) is 5.74. The van der Waals surface area contributed by atoms with Crippen molar-refractivity contribution in [3.8, 4) is 11.6 Å². The number of hydrogen-bond acceptors (Lipinski definition) is 5. The summed E-state index contributed by atoms with van der Waals surface area (Å²) in [7, 11) is 3.14. The second-order valence-electron chi connectivity index (χ2n) is 5.74. The third-order valence-electron chi connectivity index (χ3n) is 3.69. The summed E-state index contributed by atoms with van der Waals surface area (Å²) < 4.78 is 52.2. The Morgan fingerprint density at radius 2 is 1.72 bits per heavy atom. The first kappa shape index (κ1) is 22.3. The molecule has 0 bridgehead atoms. The van der Waals surface area contributed by atoms with E-state index in [0.29, 0.717) is 37.2 Å². The molecule has 0 unspecified atom stereocenters. The molecule has 29 heavy (non-hydrogen) atoms. The van der Waals surface area contributed by atoms with Crippen LogP contribution >= 0.6 is 0 Å². The minimum absolute atomic E-state index is 0.0934. The first-order chi connectivity index (χ1) is 13.9. The van der Waals surface area contributed by atoms with Gasteiger partial charge in [0.1, 0.15) is 12.4 Å². The molecule has 2 N–H and O–H groups in total. The average molecular weight is 412 g/mol. The number of benzene rings is 1. The summed E-state index contributed by atoms with van der Waals surface area (Å²) in [4.78, 5) is 8.27. The molecule has 0 atom stereocenters. The molecule has 0 amide bonds. The maximum absolute atomic E-state index is 12.5. The van der Waals surface area contributed by atoms with E-state index in [1.165, 1.54) is 12.1 Å². The number of nitrogens with zero attached hydrogens (tertiary/aromatic N) is 2. The van der Waals surface area contributed by atoms with Crippen molar-refractivity contribution in [1.82, 2.24) is 15.6 Å². The van der Waals surface area contributed by atoms with Gasteiger partial charge in [-0.05, 0) is 12.1 Å².